The third-order valence-electron chi connectivity index (χ3n) is 4.10. The van der Waals surface area contributed by atoms with Crippen LogP contribution in [0.4, 0.5) is 13.2 Å². The van der Waals surface area contributed by atoms with E-state index in [9.17, 15) is 18.0 Å². The smallest absolute Gasteiger partial charge is 0.392 e. The highest BCUT2D eigenvalue weighted by Gasteiger charge is 2.46. The Kier molecular flexibility index (Phi) is 5.48. The quantitative estimate of drug-likeness (QED) is 0.732. The zero-order valence-electron chi connectivity index (χ0n) is 12.1. The monoisotopic (exact) mass is 309 g/mol. The molecule has 1 aliphatic heterocycles. The van der Waals surface area contributed by atoms with Gasteiger partial charge in [-0.15, -0.1) is 0 Å². The molecule has 1 saturated heterocycles. The minimum absolute atomic E-state index is 0.138. The van der Waals surface area contributed by atoms with Crippen molar-refractivity contribution in [2.75, 3.05) is 32.8 Å². The van der Waals surface area contributed by atoms with E-state index >= 15 is 0 Å². The molecule has 0 aromatic rings. The zero-order chi connectivity index (χ0) is 15.3. The van der Waals surface area contributed by atoms with Gasteiger partial charge in [0.15, 0.2) is 0 Å². The first-order chi connectivity index (χ1) is 9.89. The molecule has 2 rings (SSSR count). The highest BCUT2D eigenvalue weighted by molar-refractivity contribution is 5.70. The van der Waals surface area contributed by atoms with Gasteiger partial charge in [-0.2, -0.15) is 13.2 Å². The standard InChI is InChI=1S/C14H22F3NO3/c15-14(16,17)11-13(4-1-2-5-13)21-12(19)3-6-18-7-9-20-10-8-18/h1-11H2. The molecule has 0 radical (unpaired) electrons. The number of carbonyl (C=O) groups is 1. The van der Waals surface area contributed by atoms with E-state index in [2.05, 4.69) is 4.90 Å². The summed E-state index contributed by atoms with van der Waals surface area (Å²) in [5.41, 5.74) is -1.32. The third-order valence-corrected chi connectivity index (χ3v) is 4.10. The fourth-order valence-corrected chi connectivity index (χ4v) is 3.07. The van der Waals surface area contributed by atoms with Crippen LogP contribution in [-0.2, 0) is 14.3 Å². The molecule has 0 bridgehead atoms. The van der Waals surface area contributed by atoms with Gasteiger partial charge in [0.25, 0.3) is 0 Å². The summed E-state index contributed by atoms with van der Waals surface area (Å²) in [6.07, 6.45) is -3.18. The maximum Gasteiger partial charge on any atom is 0.392 e. The van der Waals surface area contributed by atoms with Crippen molar-refractivity contribution in [1.82, 2.24) is 4.90 Å². The van der Waals surface area contributed by atoms with E-state index in [1.165, 1.54) is 0 Å². The van der Waals surface area contributed by atoms with Crippen LogP contribution in [0, 0.1) is 0 Å². The largest absolute Gasteiger partial charge is 0.459 e. The molecule has 4 nitrogen and oxygen atoms in total. The van der Waals surface area contributed by atoms with Gasteiger partial charge < -0.3 is 9.47 Å². The summed E-state index contributed by atoms with van der Waals surface area (Å²) >= 11 is 0. The number of halogens is 3. The second-order valence-electron chi connectivity index (χ2n) is 5.86. The van der Waals surface area contributed by atoms with Gasteiger partial charge in [-0.1, -0.05) is 0 Å². The van der Waals surface area contributed by atoms with Crippen molar-refractivity contribution >= 4 is 5.97 Å². The molecule has 21 heavy (non-hydrogen) atoms. The molecule has 0 amide bonds. The SMILES string of the molecule is O=C(CCN1CCOCC1)OC1(CC(F)(F)F)CCCC1. The molecule has 0 N–H and O–H groups in total. The molecule has 122 valence electrons. The molecule has 1 saturated carbocycles. The van der Waals surface area contributed by atoms with Crippen molar-refractivity contribution in [2.24, 2.45) is 0 Å². The van der Waals surface area contributed by atoms with Gasteiger partial charge in [-0.25, -0.2) is 0 Å². The maximum absolute atomic E-state index is 12.7. The fourth-order valence-electron chi connectivity index (χ4n) is 3.07. The van der Waals surface area contributed by atoms with Crippen LogP contribution in [0.1, 0.15) is 38.5 Å². The molecule has 1 aliphatic carbocycles. The summed E-state index contributed by atoms with van der Waals surface area (Å²) in [5.74, 6) is -0.521. The lowest BCUT2D eigenvalue weighted by molar-refractivity contribution is -0.194. The Bertz CT molecular complexity index is 348. The number of esters is 1. The maximum atomic E-state index is 12.7. The molecule has 2 fully saturated rings. The van der Waals surface area contributed by atoms with Crippen molar-refractivity contribution in [1.29, 1.82) is 0 Å². The normalized spacial score (nSPS) is 23.2. The third kappa shape index (κ3) is 5.47. The fraction of sp³-hybridized carbons (Fsp3) is 0.929. The second-order valence-corrected chi connectivity index (χ2v) is 5.86. The number of hydrogen-bond acceptors (Lipinski definition) is 4. The molecule has 2 aliphatic rings. The Morgan fingerprint density at radius 1 is 1.19 bits per heavy atom. The summed E-state index contributed by atoms with van der Waals surface area (Å²) in [4.78, 5) is 14.0. The number of rotatable bonds is 5. The lowest BCUT2D eigenvalue weighted by Crippen LogP contribution is -2.40. The van der Waals surface area contributed by atoms with Gasteiger partial charge in [0.1, 0.15) is 5.60 Å². The van der Waals surface area contributed by atoms with Crippen molar-refractivity contribution in [3.8, 4) is 0 Å². The number of carbonyl (C=O) groups excluding carboxylic acids is 1. The number of ether oxygens (including phenoxy) is 2. The van der Waals surface area contributed by atoms with Crippen molar-refractivity contribution < 1.29 is 27.4 Å². The van der Waals surface area contributed by atoms with Crippen LogP contribution in [0.15, 0.2) is 0 Å². The van der Waals surface area contributed by atoms with Crippen LogP contribution < -0.4 is 0 Å². The van der Waals surface area contributed by atoms with Gasteiger partial charge in [0, 0.05) is 19.6 Å². The first kappa shape index (κ1) is 16.5. The van der Waals surface area contributed by atoms with E-state index in [-0.39, 0.29) is 6.42 Å². The van der Waals surface area contributed by atoms with Gasteiger partial charge in [0.05, 0.1) is 26.1 Å². The lowest BCUT2D eigenvalue weighted by Gasteiger charge is -2.31. The molecule has 0 unspecified atom stereocenters. The topological polar surface area (TPSA) is 38.8 Å². The van der Waals surface area contributed by atoms with Crippen LogP contribution in [-0.4, -0.2) is 55.5 Å². The summed E-state index contributed by atoms with van der Waals surface area (Å²) in [6, 6.07) is 0. The summed E-state index contributed by atoms with van der Waals surface area (Å²) in [6.45, 7) is 3.28. The Hall–Kier alpha value is -0.820. The first-order valence-corrected chi connectivity index (χ1v) is 7.47. The van der Waals surface area contributed by atoms with Crippen molar-refractivity contribution in [2.45, 2.75) is 50.3 Å². The molecule has 0 atom stereocenters. The summed E-state index contributed by atoms with van der Waals surface area (Å²) in [7, 11) is 0. The van der Waals surface area contributed by atoms with Gasteiger partial charge >= 0.3 is 12.1 Å². The zero-order valence-corrected chi connectivity index (χ0v) is 12.1. The van der Waals surface area contributed by atoms with Crippen LogP contribution >= 0.6 is 0 Å². The summed E-state index contributed by atoms with van der Waals surface area (Å²) < 4.78 is 48.4. The average Bonchev–Trinajstić information content (AvgIpc) is 2.83. The lowest BCUT2D eigenvalue weighted by atomic mass is 9.97. The highest BCUT2D eigenvalue weighted by atomic mass is 19.4. The predicted octanol–water partition coefficient (Wildman–Crippen LogP) is 2.52. The van der Waals surface area contributed by atoms with Crippen LogP contribution in [0.5, 0.6) is 0 Å². The Labute approximate surface area is 122 Å². The van der Waals surface area contributed by atoms with E-state index < -0.39 is 24.2 Å². The van der Waals surface area contributed by atoms with E-state index in [1.807, 2.05) is 0 Å². The van der Waals surface area contributed by atoms with Gasteiger partial charge in [-0.3, -0.25) is 9.69 Å². The number of alkyl halides is 3. The van der Waals surface area contributed by atoms with Crippen LogP contribution in [0.3, 0.4) is 0 Å². The highest BCUT2D eigenvalue weighted by Crippen LogP contribution is 2.41. The van der Waals surface area contributed by atoms with Crippen LogP contribution in [0.25, 0.3) is 0 Å². The molecule has 7 heteroatoms. The minimum Gasteiger partial charge on any atom is -0.459 e. The van der Waals surface area contributed by atoms with E-state index in [0.717, 1.165) is 13.1 Å². The Morgan fingerprint density at radius 2 is 1.81 bits per heavy atom. The summed E-state index contributed by atoms with van der Waals surface area (Å²) in [5, 5.41) is 0. The molecular formula is C14H22F3NO3. The van der Waals surface area contributed by atoms with Crippen LogP contribution in [0.2, 0.25) is 0 Å². The molecular weight excluding hydrogens is 287 g/mol. The van der Waals surface area contributed by atoms with Crippen molar-refractivity contribution in [3.63, 3.8) is 0 Å². The van der Waals surface area contributed by atoms with Gasteiger partial charge in [0.2, 0.25) is 0 Å². The average molecular weight is 309 g/mol. The molecule has 1 heterocycles. The number of hydrogen-bond donors (Lipinski definition) is 0. The van der Waals surface area contributed by atoms with Crippen molar-refractivity contribution in [3.05, 3.63) is 0 Å². The van der Waals surface area contributed by atoms with Gasteiger partial charge in [-0.05, 0) is 25.7 Å². The Morgan fingerprint density at radius 3 is 2.38 bits per heavy atom. The molecule has 0 aromatic heterocycles. The minimum atomic E-state index is -4.30. The predicted molar refractivity (Wildman–Crippen MR) is 69.8 cm³/mol. The Balaban J connectivity index is 1.80. The molecule has 0 aromatic carbocycles. The first-order valence-electron chi connectivity index (χ1n) is 7.47. The molecule has 0 spiro atoms. The van der Waals surface area contributed by atoms with E-state index in [0.29, 0.717) is 45.4 Å². The number of morpholine rings is 1. The second kappa shape index (κ2) is 6.96. The van der Waals surface area contributed by atoms with E-state index in [4.69, 9.17) is 9.47 Å². The number of nitrogens with zero attached hydrogens (tertiary/aromatic N) is 1. The van der Waals surface area contributed by atoms with E-state index in [1.54, 1.807) is 0 Å².